The first-order chi connectivity index (χ1) is 10.0. The van der Waals surface area contributed by atoms with Gasteiger partial charge in [-0.1, -0.05) is 0 Å². The minimum absolute atomic E-state index is 0.161. The van der Waals surface area contributed by atoms with Crippen LogP contribution in [0.4, 0.5) is 20.2 Å². The molecule has 8 heteroatoms. The molecule has 3 rings (SSSR count). The van der Waals surface area contributed by atoms with Crippen molar-refractivity contribution in [3.8, 4) is 17.1 Å². The van der Waals surface area contributed by atoms with Crippen LogP contribution in [0.1, 0.15) is 0 Å². The smallest absolute Gasteiger partial charge is 0.187 e. The second kappa shape index (κ2) is 4.82. The molecule has 0 fully saturated rings. The summed E-state index contributed by atoms with van der Waals surface area (Å²) in [6.07, 6.45) is 0. The summed E-state index contributed by atoms with van der Waals surface area (Å²) < 4.78 is 27.8. The average Bonchev–Trinajstić information content (AvgIpc) is 2.85. The van der Waals surface area contributed by atoms with E-state index in [1.54, 1.807) is 18.2 Å². The summed E-state index contributed by atoms with van der Waals surface area (Å²) in [5, 5.41) is 11.1. The normalized spacial score (nSPS) is 10.8. The Morgan fingerprint density at radius 1 is 0.857 bits per heavy atom. The number of tetrazole rings is 1. The lowest BCUT2D eigenvalue weighted by atomic mass is 10.1. The van der Waals surface area contributed by atoms with Crippen LogP contribution in [0.5, 0.6) is 0 Å². The van der Waals surface area contributed by atoms with Gasteiger partial charge in [-0.3, -0.25) is 0 Å². The minimum atomic E-state index is -0.724. The van der Waals surface area contributed by atoms with Crippen LogP contribution in [0.15, 0.2) is 36.4 Å². The van der Waals surface area contributed by atoms with E-state index in [0.717, 1.165) is 18.2 Å². The van der Waals surface area contributed by atoms with E-state index in [0.29, 0.717) is 16.9 Å². The van der Waals surface area contributed by atoms with Crippen LogP contribution in [-0.4, -0.2) is 20.2 Å². The molecule has 2 aromatic carbocycles. The predicted octanol–water partition coefficient (Wildman–Crippen LogP) is 1.77. The number of hydrogen-bond donors (Lipinski definition) is 2. The van der Waals surface area contributed by atoms with E-state index >= 15 is 0 Å². The maximum absolute atomic E-state index is 13.3. The SMILES string of the molecule is Nc1cc(N)cc(-c2nnnn2-c2cc(F)cc(F)c2)c1. The Bertz CT molecular complexity index is 708. The van der Waals surface area contributed by atoms with Gasteiger partial charge in [0.15, 0.2) is 5.82 Å². The molecule has 0 aliphatic heterocycles. The summed E-state index contributed by atoms with van der Waals surface area (Å²) in [6, 6.07) is 7.84. The van der Waals surface area contributed by atoms with E-state index < -0.39 is 11.6 Å². The van der Waals surface area contributed by atoms with E-state index in [9.17, 15) is 8.78 Å². The van der Waals surface area contributed by atoms with E-state index in [1.807, 2.05) is 0 Å². The highest BCUT2D eigenvalue weighted by molar-refractivity contribution is 5.68. The molecule has 0 unspecified atom stereocenters. The Balaban J connectivity index is 2.16. The Hall–Kier alpha value is -3.03. The lowest BCUT2D eigenvalue weighted by Gasteiger charge is -2.07. The third-order valence-corrected chi connectivity index (χ3v) is 2.80. The van der Waals surface area contributed by atoms with Gasteiger partial charge in [-0.25, -0.2) is 8.78 Å². The van der Waals surface area contributed by atoms with Crippen LogP contribution in [0.3, 0.4) is 0 Å². The molecule has 0 saturated heterocycles. The van der Waals surface area contributed by atoms with Crippen molar-refractivity contribution in [1.29, 1.82) is 0 Å². The topological polar surface area (TPSA) is 95.6 Å². The zero-order chi connectivity index (χ0) is 15.0. The highest BCUT2D eigenvalue weighted by atomic mass is 19.1. The first kappa shape index (κ1) is 13.0. The zero-order valence-electron chi connectivity index (χ0n) is 10.7. The van der Waals surface area contributed by atoms with Crippen LogP contribution >= 0.6 is 0 Å². The molecule has 1 aromatic heterocycles. The number of nitrogens with two attached hydrogens (primary N) is 2. The number of anilines is 2. The van der Waals surface area contributed by atoms with Crippen molar-refractivity contribution in [3.05, 3.63) is 48.0 Å². The van der Waals surface area contributed by atoms with Gasteiger partial charge >= 0.3 is 0 Å². The molecule has 0 aliphatic rings. The van der Waals surface area contributed by atoms with Crippen molar-refractivity contribution >= 4 is 11.4 Å². The summed E-state index contributed by atoms with van der Waals surface area (Å²) in [5.74, 6) is -1.17. The fourth-order valence-electron chi connectivity index (χ4n) is 2.01. The van der Waals surface area contributed by atoms with Gasteiger partial charge in [0.1, 0.15) is 11.6 Å². The first-order valence-corrected chi connectivity index (χ1v) is 5.94. The van der Waals surface area contributed by atoms with Crippen LogP contribution < -0.4 is 11.5 Å². The number of rotatable bonds is 2. The fourth-order valence-corrected chi connectivity index (χ4v) is 2.01. The van der Waals surface area contributed by atoms with Crippen molar-refractivity contribution < 1.29 is 8.78 Å². The molecular formula is C13H10F2N6. The molecule has 1 heterocycles. The van der Waals surface area contributed by atoms with Crippen molar-refractivity contribution in [1.82, 2.24) is 20.2 Å². The molecule has 4 N–H and O–H groups in total. The molecule has 0 aliphatic carbocycles. The van der Waals surface area contributed by atoms with Gasteiger partial charge in [0.25, 0.3) is 0 Å². The van der Waals surface area contributed by atoms with Gasteiger partial charge in [0, 0.05) is 23.0 Å². The lowest BCUT2D eigenvalue weighted by Crippen LogP contribution is -2.02. The Labute approximate surface area is 118 Å². The molecule has 0 bridgehead atoms. The second-order valence-electron chi connectivity index (χ2n) is 4.43. The van der Waals surface area contributed by atoms with Crippen LogP contribution in [0, 0.1) is 11.6 Å². The van der Waals surface area contributed by atoms with Gasteiger partial charge in [-0.05, 0) is 40.8 Å². The van der Waals surface area contributed by atoms with E-state index in [4.69, 9.17) is 11.5 Å². The van der Waals surface area contributed by atoms with Crippen LogP contribution in [0.25, 0.3) is 17.1 Å². The largest absolute Gasteiger partial charge is 0.399 e. The van der Waals surface area contributed by atoms with Gasteiger partial charge < -0.3 is 11.5 Å². The van der Waals surface area contributed by atoms with Crippen molar-refractivity contribution in [2.45, 2.75) is 0 Å². The Morgan fingerprint density at radius 2 is 1.48 bits per heavy atom. The quantitative estimate of drug-likeness (QED) is 0.701. The number of benzene rings is 2. The third kappa shape index (κ3) is 2.50. The summed E-state index contributed by atoms with van der Waals surface area (Å²) in [4.78, 5) is 0. The summed E-state index contributed by atoms with van der Waals surface area (Å²) in [6.45, 7) is 0. The van der Waals surface area contributed by atoms with E-state index in [-0.39, 0.29) is 11.5 Å². The first-order valence-electron chi connectivity index (χ1n) is 5.94. The van der Waals surface area contributed by atoms with Gasteiger partial charge in [-0.15, -0.1) is 5.10 Å². The maximum Gasteiger partial charge on any atom is 0.187 e. The summed E-state index contributed by atoms with van der Waals surface area (Å²) in [5.41, 5.74) is 13.0. The second-order valence-corrected chi connectivity index (χ2v) is 4.43. The highest BCUT2D eigenvalue weighted by Gasteiger charge is 2.13. The number of nitrogens with zero attached hydrogens (tertiary/aromatic N) is 4. The maximum atomic E-state index is 13.3. The van der Waals surface area contributed by atoms with Gasteiger partial charge in [0.05, 0.1) is 5.69 Å². The monoisotopic (exact) mass is 288 g/mol. The Kier molecular flexibility index (Phi) is 2.98. The van der Waals surface area contributed by atoms with Crippen molar-refractivity contribution in [2.75, 3.05) is 11.5 Å². The average molecular weight is 288 g/mol. The standard InChI is InChI=1S/C13H10F2N6/c14-8-3-9(15)5-12(4-8)21-13(18-19-20-21)7-1-10(16)6-11(17)2-7/h1-6H,16-17H2. The molecule has 21 heavy (non-hydrogen) atoms. The summed E-state index contributed by atoms with van der Waals surface area (Å²) in [7, 11) is 0. The fraction of sp³-hybridized carbons (Fsp3) is 0. The molecular weight excluding hydrogens is 278 g/mol. The molecule has 0 saturated carbocycles. The van der Waals surface area contributed by atoms with Crippen LogP contribution in [-0.2, 0) is 0 Å². The van der Waals surface area contributed by atoms with Gasteiger partial charge in [0.2, 0.25) is 0 Å². The molecule has 0 amide bonds. The molecule has 0 atom stereocenters. The van der Waals surface area contributed by atoms with Gasteiger partial charge in [-0.2, -0.15) is 4.68 Å². The molecule has 106 valence electrons. The third-order valence-electron chi connectivity index (χ3n) is 2.80. The Morgan fingerprint density at radius 3 is 2.10 bits per heavy atom. The summed E-state index contributed by atoms with van der Waals surface area (Å²) >= 11 is 0. The van der Waals surface area contributed by atoms with Crippen molar-refractivity contribution in [3.63, 3.8) is 0 Å². The predicted molar refractivity (Wildman–Crippen MR) is 73.3 cm³/mol. The highest BCUT2D eigenvalue weighted by Crippen LogP contribution is 2.24. The van der Waals surface area contributed by atoms with E-state index in [2.05, 4.69) is 15.5 Å². The van der Waals surface area contributed by atoms with E-state index in [1.165, 1.54) is 4.68 Å². The number of halogens is 2. The molecule has 0 radical (unpaired) electrons. The zero-order valence-corrected chi connectivity index (χ0v) is 10.7. The van der Waals surface area contributed by atoms with Crippen LogP contribution in [0.2, 0.25) is 0 Å². The van der Waals surface area contributed by atoms with Crippen molar-refractivity contribution in [2.24, 2.45) is 0 Å². The number of hydrogen-bond acceptors (Lipinski definition) is 5. The molecule has 0 spiro atoms. The number of nitrogen functional groups attached to an aromatic ring is 2. The lowest BCUT2D eigenvalue weighted by molar-refractivity contribution is 0.579. The minimum Gasteiger partial charge on any atom is -0.399 e. The molecule has 6 nitrogen and oxygen atoms in total. The molecule has 3 aromatic rings. The number of aromatic nitrogens is 4.